The molecule has 9 nitrogen and oxygen atoms in total. The molecule has 0 unspecified atom stereocenters. The van der Waals surface area contributed by atoms with Crippen molar-refractivity contribution >= 4 is 39.1 Å². The van der Waals surface area contributed by atoms with E-state index >= 15 is 0 Å². The van der Waals surface area contributed by atoms with E-state index in [0.717, 1.165) is 10.7 Å². The lowest BCUT2D eigenvalue weighted by atomic mass is 10.1. The summed E-state index contributed by atoms with van der Waals surface area (Å²) >= 11 is 0. The molecule has 1 saturated heterocycles. The van der Waals surface area contributed by atoms with Crippen LogP contribution < -0.4 is 10.6 Å². The molecule has 1 atom stereocenters. The molecular weight excluding hydrogens is 420 g/mol. The molecule has 0 bridgehead atoms. The standard InChI is InChI=1S/C21H22N4O5S/c1-24(2)31(29,30)15-6-3-5-13(11-15)19(26)22-14-8-9-17-16(12-14)21(28)25-10-4-7-18(25)20(27)23-17/h3,5-6,8-9,11-12,18H,4,7,10H2,1-2H3,(H,22,26)(H,23,27)/t18-/m0/s1. The number of hydrogen-bond acceptors (Lipinski definition) is 5. The smallest absolute Gasteiger partial charge is 0.256 e. The Balaban J connectivity index is 1.60. The molecule has 10 heteroatoms. The summed E-state index contributed by atoms with van der Waals surface area (Å²) < 4.78 is 25.7. The normalized spacial score (nSPS) is 18.3. The number of carbonyl (C=O) groups excluding carboxylic acids is 3. The third kappa shape index (κ3) is 3.79. The van der Waals surface area contributed by atoms with Crippen LogP contribution in [0.3, 0.4) is 0 Å². The van der Waals surface area contributed by atoms with Crippen molar-refractivity contribution in [3.8, 4) is 0 Å². The van der Waals surface area contributed by atoms with Gasteiger partial charge in [0.25, 0.3) is 11.8 Å². The molecule has 2 aliphatic rings. The summed E-state index contributed by atoms with van der Waals surface area (Å²) in [6.07, 6.45) is 1.39. The maximum atomic E-state index is 12.9. The van der Waals surface area contributed by atoms with Crippen molar-refractivity contribution in [1.82, 2.24) is 9.21 Å². The van der Waals surface area contributed by atoms with Crippen LogP contribution in [0, 0.1) is 0 Å². The van der Waals surface area contributed by atoms with Gasteiger partial charge in [0, 0.05) is 31.9 Å². The quantitative estimate of drug-likeness (QED) is 0.748. The maximum absolute atomic E-state index is 12.9. The molecule has 2 aliphatic heterocycles. The largest absolute Gasteiger partial charge is 0.327 e. The van der Waals surface area contributed by atoms with E-state index in [4.69, 9.17) is 0 Å². The third-order valence-corrected chi connectivity index (χ3v) is 7.27. The zero-order valence-electron chi connectivity index (χ0n) is 17.1. The number of fused-ring (bicyclic) bond motifs is 2. The van der Waals surface area contributed by atoms with Crippen molar-refractivity contribution in [3.63, 3.8) is 0 Å². The maximum Gasteiger partial charge on any atom is 0.256 e. The van der Waals surface area contributed by atoms with Crippen LogP contribution in [0.2, 0.25) is 0 Å². The first-order valence-electron chi connectivity index (χ1n) is 9.78. The number of benzene rings is 2. The lowest BCUT2D eigenvalue weighted by Gasteiger charge is -2.20. The lowest BCUT2D eigenvalue weighted by molar-refractivity contribution is -0.119. The number of amides is 3. The predicted octanol–water partition coefficient (Wildman–Crippen LogP) is 1.75. The van der Waals surface area contributed by atoms with Gasteiger partial charge in [-0.2, -0.15) is 0 Å². The molecule has 31 heavy (non-hydrogen) atoms. The highest BCUT2D eigenvalue weighted by molar-refractivity contribution is 7.89. The number of carbonyl (C=O) groups is 3. The molecule has 2 aromatic carbocycles. The van der Waals surface area contributed by atoms with E-state index in [1.165, 1.54) is 44.4 Å². The lowest BCUT2D eigenvalue weighted by Crippen LogP contribution is -2.40. The van der Waals surface area contributed by atoms with Gasteiger partial charge >= 0.3 is 0 Å². The van der Waals surface area contributed by atoms with Crippen molar-refractivity contribution in [3.05, 3.63) is 53.6 Å². The predicted molar refractivity (Wildman–Crippen MR) is 114 cm³/mol. The Morgan fingerprint density at radius 3 is 2.68 bits per heavy atom. The van der Waals surface area contributed by atoms with Crippen LogP contribution in [0.15, 0.2) is 47.4 Å². The number of rotatable bonds is 4. The zero-order valence-corrected chi connectivity index (χ0v) is 17.9. The molecule has 4 rings (SSSR count). The SMILES string of the molecule is CN(C)S(=O)(=O)c1cccc(C(=O)Nc2ccc3c(c2)C(=O)N2CCC[C@H]2C(=O)N3)c1. The van der Waals surface area contributed by atoms with Crippen molar-refractivity contribution in [1.29, 1.82) is 0 Å². The van der Waals surface area contributed by atoms with E-state index in [2.05, 4.69) is 10.6 Å². The third-order valence-electron chi connectivity index (χ3n) is 5.46. The molecular formula is C21H22N4O5S. The summed E-state index contributed by atoms with van der Waals surface area (Å²) in [6, 6.07) is 9.94. The Morgan fingerprint density at radius 2 is 1.94 bits per heavy atom. The molecule has 2 N–H and O–H groups in total. The van der Waals surface area contributed by atoms with E-state index in [9.17, 15) is 22.8 Å². The Labute approximate surface area is 180 Å². The molecule has 0 saturated carbocycles. The van der Waals surface area contributed by atoms with Crippen molar-refractivity contribution < 1.29 is 22.8 Å². The highest BCUT2D eigenvalue weighted by Gasteiger charge is 2.38. The summed E-state index contributed by atoms with van der Waals surface area (Å²) in [4.78, 5) is 39.6. The first kappa shape index (κ1) is 21.0. The number of nitrogens with one attached hydrogen (secondary N) is 2. The second-order valence-corrected chi connectivity index (χ2v) is 9.83. The molecule has 0 aromatic heterocycles. The van der Waals surface area contributed by atoms with Crippen LogP contribution in [0.5, 0.6) is 0 Å². The van der Waals surface area contributed by atoms with E-state index in [1.807, 2.05) is 0 Å². The number of hydrogen-bond donors (Lipinski definition) is 2. The van der Waals surface area contributed by atoms with Crippen LogP contribution in [-0.4, -0.2) is 62.0 Å². The van der Waals surface area contributed by atoms with Gasteiger partial charge in [0.15, 0.2) is 0 Å². The van der Waals surface area contributed by atoms with Gasteiger partial charge in [-0.15, -0.1) is 0 Å². The first-order valence-corrected chi connectivity index (χ1v) is 11.2. The molecule has 162 valence electrons. The molecule has 3 amide bonds. The number of nitrogens with zero attached hydrogens (tertiary/aromatic N) is 2. The topological polar surface area (TPSA) is 116 Å². The monoisotopic (exact) mass is 442 g/mol. The summed E-state index contributed by atoms with van der Waals surface area (Å²) in [6.45, 7) is 0.514. The number of anilines is 2. The van der Waals surface area contributed by atoms with Crippen LogP contribution >= 0.6 is 0 Å². The fraction of sp³-hybridized carbons (Fsp3) is 0.286. The Hall–Kier alpha value is -3.24. The zero-order chi connectivity index (χ0) is 22.3. The fourth-order valence-corrected chi connectivity index (χ4v) is 4.72. The highest BCUT2D eigenvalue weighted by Crippen LogP contribution is 2.30. The summed E-state index contributed by atoms with van der Waals surface area (Å²) in [5.74, 6) is -0.980. The summed E-state index contributed by atoms with van der Waals surface area (Å²) in [5.41, 5.74) is 1.24. The average Bonchev–Trinajstić information content (AvgIpc) is 3.21. The van der Waals surface area contributed by atoms with Gasteiger partial charge in [0.1, 0.15) is 6.04 Å². The van der Waals surface area contributed by atoms with Crippen molar-refractivity contribution in [2.45, 2.75) is 23.8 Å². The molecule has 0 spiro atoms. The van der Waals surface area contributed by atoms with Gasteiger partial charge in [0.05, 0.1) is 16.1 Å². The van der Waals surface area contributed by atoms with Crippen LogP contribution in [-0.2, 0) is 14.8 Å². The minimum Gasteiger partial charge on any atom is -0.327 e. The average molecular weight is 442 g/mol. The van der Waals surface area contributed by atoms with Crippen LogP contribution in [0.4, 0.5) is 11.4 Å². The van der Waals surface area contributed by atoms with Gasteiger partial charge in [-0.25, -0.2) is 12.7 Å². The molecule has 1 fully saturated rings. The van der Waals surface area contributed by atoms with Gasteiger partial charge in [-0.3, -0.25) is 14.4 Å². The second kappa shape index (κ2) is 7.78. The number of sulfonamides is 1. The van der Waals surface area contributed by atoms with E-state index in [-0.39, 0.29) is 22.3 Å². The summed E-state index contributed by atoms with van der Waals surface area (Å²) in [7, 11) is -0.850. The van der Waals surface area contributed by atoms with E-state index < -0.39 is 22.0 Å². The van der Waals surface area contributed by atoms with Gasteiger partial charge in [-0.1, -0.05) is 6.07 Å². The van der Waals surface area contributed by atoms with Gasteiger partial charge in [-0.05, 0) is 49.2 Å². The fourth-order valence-electron chi connectivity index (χ4n) is 3.77. The minimum absolute atomic E-state index is 0.00467. The van der Waals surface area contributed by atoms with Crippen LogP contribution in [0.25, 0.3) is 0 Å². The Morgan fingerprint density at radius 1 is 1.16 bits per heavy atom. The minimum atomic E-state index is -3.68. The van der Waals surface area contributed by atoms with Gasteiger partial charge in [0.2, 0.25) is 15.9 Å². The van der Waals surface area contributed by atoms with Crippen molar-refractivity contribution in [2.24, 2.45) is 0 Å². The van der Waals surface area contributed by atoms with Gasteiger partial charge < -0.3 is 15.5 Å². The summed E-state index contributed by atoms with van der Waals surface area (Å²) in [5, 5.41) is 5.48. The van der Waals surface area contributed by atoms with E-state index in [1.54, 1.807) is 17.0 Å². The Bertz CT molecular complexity index is 1190. The highest BCUT2D eigenvalue weighted by atomic mass is 32.2. The molecule has 0 radical (unpaired) electrons. The second-order valence-electron chi connectivity index (χ2n) is 7.68. The molecule has 0 aliphatic carbocycles. The van der Waals surface area contributed by atoms with E-state index in [0.29, 0.717) is 29.9 Å². The van der Waals surface area contributed by atoms with Crippen molar-refractivity contribution in [2.75, 3.05) is 31.3 Å². The Kier molecular flexibility index (Phi) is 5.28. The molecule has 2 heterocycles. The molecule has 2 aromatic rings. The first-order chi connectivity index (χ1) is 14.7. The van der Waals surface area contributed by atoms with Crippen LogP contribution in [0.1, 0.15) is 33.6 Å².